The van der Waals surface area contributed by atoms with Crippen LogP contribution in [0.15, 0.2) is 24.3 Å². The van der Waals surface area contributed by atoms with E-state index in [1.165, 1.54) is 6.07 Å². The second-order valence-corrected chi connectivity index (χ2v) is 6.49. The number of nitrogens with zero attached hydrogens (tertiary/aromatic N) is 1. The average Bonchev–Trinajstić information content (AvgIpc) is 2.40. The van der Waals surface area contributed by atoms with Crippen LogP contribution in [0, 0.1) is 17.7 Å². The fourth-order valence-electron chi connectivity index (χ4n) is 2.93. The molecule has 1 aromatic carbocycles. The molecular weight excluding hydrogens is 267 g/mol. The SMILES string of the molecule is CC1CC(NC(=O)C(C)C)CN(Cc2ccccc2F)C1. The van der Waals surface area contributed by atoms with Crippen LogP contribution in [0.4, 0.5) is 4.39 Å². The summed E-state index contributed by atoms with van der Waals surface area (Å²) in [4.78, 5) is 14.1. The maximum Gasteiger partial charge on any atom is 0.222 e. The molecule has 1 aliphatic rings. The molecule has 2 rings (SSSR count). The molecule has 1 heterocycles. The normalized spacial score (nSPS) is 23.3. The summed E-state index contributed by atoms with van der Waals surface area (Å²) in [7, 11) is 0. The number of halogens is 1. The molecule has 0 bridgehead atoms. The number of hydrogen-bond donors (Lipinski definition) is 1. The smallest absolute Gasteiger partial charge is 0.222 e. The van der Waals surface area contributed by atoms with Crippen molar-refractivity contribution in [2.75, 3.05) is 13.1 Å². The van der Waals surface area contributed by atoms with E-state index in [-0.39, 0.29) is 23.7 Å². The first kappa shape index (κ1) is 16.0. The van der Waals surface area contributed by atoms with Crippen LogP contribution in [0.3, 0.4) is 0 Å². The molecule has 2 atom stereocenters. The van der Waals surface area contributed by atoms with Crippen LogP contribution < -0.4 is 5.32 Å². The number of rotatable bonds is 4. The molecule has 0 saturated carbocycles. The van der Waals surface area contributed by atoms with Crippen LogP contribution in [-0.2, 0) is 11.3 Å². The lowest BCUT2D eigenvalue weighted by atomic mass is 9.95. The van der Waals surface area contributed by atoms with E-state index in [9.17, 15) is 9.18 Å². The number of carbonyl (C=O) groups excluding carboxylic acids is 1. The van der Waals surface area contributed by atoms with Gasteiger partial charge in [0.1, 0.15) is 5.82 Å². The molecule has 1 fully saturated rings. The highest BCUT2D eigenvalue weighted by molar-refractivity contribution is 5.78. The van der Waals surface area contributed by atoms with Gasteiger partial charge in [0.05, 0.1) is 0 Å². The van der Waals surface area contributed by atoms with Gasteiger partial charge in [0.25, 0.3) is 0 Å². The maximum atomic E-state index is 13.8. The van der Waals surface area contributed by atoms with Gasteiger partial charge in [-0.2, -0.15) is 0 Å². The first-order valence-corrected chi connectivity index (χ1v) is 7.72. The van der Waals surface area contributed by atoms with Crippen molar-refractivity contribution in [2.24, 2.45) is 11.8 Å². The summed E-state index contributed by atoms with van der Waals surface area (Å²) in [6, 6.07) is 7.07. The van der Waals surface area contributed by atoms with Gasteiger partial charge in [-0.05, 0) is 18.4 Å². The summed E-state index contributed by atoms with van der Waals surface area (Å²) in [6.45, 7) is 8.32. The van der Waals surface area contributed by atoms with Crippen molar-refractivity contribution in [1.82, 2.24) is 10.2 Å². The van der Waals surface area contributed by atoms with E-state index < -0.39 is 0 Å². The predicted octanol–water partition coefficient (Wildman–Crippen LogP) is 2.81. The first-order chi connectivity index (χ1) is 9.95. The molecule has 4 heteroatoms. The largest absolute Gasteiger partial charge is 0.352 e. The lowest BCUT2D eigenvalue weighted by Crippen LogP contribution is -2.50. The monoisotopic (exact) mass is 292 g/mol. The van der Waals surface area contributed by atoms with Gasteiger partial charge in [-0.1, -0.05) is 39.0 Å². The average molecular weight is 292 g/mol. The number of amides is 1. The fraction of sp³-hybridized carbons (Fsp3) is 0.588. The van der Waals surface area contributed by atoms with Crippen molar-refractivity contribution in [3.05, 3.63) is 35.6 Å². The second kappa shape index (κ2) is 7.03. The number of hydrogen-bond acceptors (Lipinski definition) is 2. The number of nitrogens with one attached hydrogen (secondary N) is 1. The Morgan fingerprint density at radius 2 is 2.10 bits per heavy atom. The third-order valence-corrected chi connectivity index (χ3v) is 3.96. The topological polar surface area (TPSA) is 32.3 Å². The standard InChI is InChI=1S/C17H25FN2O/c1-12(2)17(21)19-15-8-13(3)9-20(11-15)10-14-6-4-5-7-16(14)18/h4-7,12-13,15H,8-11H2,1-3H3,(H,19,21). The molecule has 0 aliphatic carbocycles. The Morgan fingerprint density at radius 3 is 2.76 bits per heavy atom. The van der Waals surface area contributed by atoms with Crippen LogP contribution in [0.2, 0.25) is 0 Å². The minimum absolute atomic E-state index is 0.00208. The predicted molar refractivity (Wildman–Crippen MR) is 82.2 cm³/mol. The van der Waals surface area contributed by atoms with Gasteiger partial charge in [-0.15, -0.1) is 0 Å². The Morgan fingerprint density at radius 1 is 1.38 bits per heavy atom. The van der Waals surface area contributed by atoms with E-state index >= 15 is 0 Å². The van der Waals surface area contributed by atoms with Crippen molar-refractivity contribution < 1.29 is 9.18 Å². The van der Waals surface area contributed by atoms with E-state index in [2.05, 4.69) is 17.1 Å². The van der Waals surface area contributed by atoms with Gasteiger partial charge < -0.3 is 5.32 Å². The molecule has 0 spiro atoms. The molecule has 1 N–H and O–H groups in total. The highest BCUT2D eigenvalue weighted by Gasteiger charge is 2.26. The minimum Gasteiger partial charge on any atom is -0.352 e. The second-order valence-electron chi connectivity index (χ2n) is 6.49. The van der Waals surface area contributed by atoms with E-state index in [1.54, 1.807) is 6.07 Å². The Hall–Kier alpha value is -1.42. The van der Waals surface area contributed by atoms with Crippen molar-refractivity contribution in [2.45, 2.75) is 39.8 Å². The van der Waals surface area contributed by atoms with E-state index in [4.69, 9.17) is 0 Å². The zero-order chi connectivity index (χ0) is 15.4. The van der Waals surface area contributed by atoms with Crippen molar-refractivity contribution in [1.29, 1.82) is 0 Å². The maximum absolute atomic E-state index is 13.8. The summed E-state index contributed by atoms with van der Waals surface area (Å²) in [6.07, 6.45) is 0.992. The Kier molecular flexibility index (Phi) is 5.34. The van der Waals surface area contributed by atoms with Crippen LogP contribution in [0.1, 0.15) is 32.8 Å². The van der Waals surface area contributed by atoms with E-state index in [0.29, 0.717) is 12.5 Å². The summed E-state index contributed by atoms with van der Waals surface area (Å²) in [5.41, 5.74) is 0.723. The molecule has 116 valence electrons. The van der Waals surface area contributed by atoms with Crippen LogP contribution in [0.25, 0.3) is 0 Å². The highest BCUT2D eigenvalue weighted by atomic mass is 19.1. The lowest BCUT2D eigenvalue weighted by molar-refractivity contribution is -0.125. The molecule has 1 saturated heterocycles. The van der Waals surface area contributed by atoms with Gasteiger partial charge in [0.15, 0.2) is 0 Å². The Balaban J connectivity index is 1.97. The van der Waals surface area contributed by atoms with Crippen molar-refractivity contribution in [3.63, 3.8) is 0 Å². The van der Waals surface area contributed by atoms with Gasteiger partial charge in [-0.3, -0.25) is 9.69 Å². The molecule has 0 radical (unpaired) electrons. The quantitative estimate of drug-likeness (QED) is 0.925. The first-order valence-electron chi connectivity index (χ1n) is 7.72. The van der Waals surface area contributed by atoms with Gasteiger partial charge in [-0.25, -0.2) is 4.39 Å². The Labute approximate surface area is 126 Å². The number of piperidine rings is 1. The fourth-order valence-corrected chi connectivity index (χ4v) is 2.93. The molecule has 1 amide bonds. The van der Waals surface area contributed by atoms with Gasteiger partial charge in [0, 0.05) is 37.2 Å². The summed E-state index contributed by atoms with van der Waals surface area (Å²) in [5, 5.41) is 3.10. The van der Waals surface area contributed by atoms with Crippen LogP contribution in [-0.4, -0.2) is 29.9 Å². The summed E-state index contributed by atoms with van der Waals surface area (Å²) in [5.74, 6) is 0.448. The molecule has 2 unspecified atom stereocenters. The van der Waals surface area contributed by atoms with Gasteiger partial charge in [0.2, 0.25) is 5.91 Å². The molecule has 1 aromatic rings. The zero-order valence-electron chi connectivity index (χ0n) is 13.1. The highest BCUT2D eigenvalue weighted by Crippen LogP contribution is 2.20. The number of likely N-dealkylation sites (tertiary alicyclic amines) is 1. The zero-order valence-corrected chi connectivity index (χ0v) is 13.1. The molecule has 0 aromatic heterocycles. The van der Waals surface area contributed by atoms with E-state index in [1.807, 2.05) is 26.0 Å². The number of benzene rings is 1. The Bertz CT molecular complexity index is 489. The summed E-state index contributed by atoms with van der Waals surface area (Å²) >= 11 is 0. The third-order valence-electron chi connectivity index (χ3n) is 3.96. The van der Waals surface area contributed by atoms with E-state index in [0.717, 1.165) is 25.1 Å². The third kappa shape index (κ3) is 4.53. The molecular formula is C17H25FN2O. The van der Waals surface area contributed by atoms with Crippen molar-refractivity contribution in [3.8, 4) is 0 Å². The number of carbonyl (C=O) groups is 1. The van der Waals surface area contributed by atoms with Crippen LogP contribution in [0.5, 0.6) is 0 Å². The van der Waals surface area contributed by atoms with Gasteiger partial charge >= 0.3 is 0 Å². The minimum atomic E-state index is -0.154. The molecule has 1 aliphatic heterocycles. The molecule has 3 nitrogen and oxygen atoms in total. The van der Waals surface area contributed by atoms with Crippen molar-refractivity contribution >= 4 is 5.91 Å². The van der Waals surface area contributed by atoms with Crippen LogP contribution >= 0.6 is 0 Å². The summed E-state index contributed by atoms with van der Waals surface area (Å²) < 4.78 is 13.8. The lowest BCUT2D eigenvalue weighted by Gasteiger charge is -2.37. The molecule has 21 heavy (non-hydrogen) atoms.